The normalized spacial score (nSPS) is 14.4. The fraction of sp³-hybridized carbons (Fsp3) is 0.270. The highest BCUT2D eigenvalue weighted by atomic mass is 19.1. The zero-order valence-electron chi connectivity index (χ0n) is 24.4. The van der Waals surface area contributed by atoms with Gasteiger partial charge in [0.05, 0.1) is 0 Å². The molecule has 0 radical (unpaired) electrons. The second kappa shape index (κ2) is 13.7. The number of nitrogens with zero attached hydrogens (tertiary/aromatic N) is 2. The van der Waals surface area contributed by atoms with Crippen molar-refractivity contribution in [2.24, 2.45) is 0 Å². The summed E-state index contributed by atoms with van der Waals surface area (Å²) in [7, 11) is 0. The number of para-hydroxylation sites is 2. The van der Waals surface area contributed by atoms with Gasteiger partial charge in [0, 0.05) is 49.1 Å². The molecule has 0 aliphatic carbocycles. The van der Waals surface area contributed by atoms with Gasteiger partial charge in [-0.25, -0.2) is 4.39 Å². The van der Waals surface area contributed by atoms with Gasteiger partial charge in [0.2, 0.25) is 5.91 Å². The second-order valence-corrected chi connectivity index (χ2v) is 11.4. The van der Waals surface area contributed by atoms with Crippen molar-refractivity contribution in [2.45, 2.75) is 38.1 Å². The van der Waals surface area contributed by atoms with Gasteiger partial charge in [-0.1, -0.05) is 67.1 Å². The molecule has 1 saturated heterocycles. The van der Waals surface area contributed by atoms with E-state index in [0.717, 1.165) is 58.7 Å². The molecule has 1 fully saturated rings. The number of piperidine rings is 1. The van der Waals surface area contributed by atoms with E-state index in [0.29, 0.717) is 19.5 Å². The van der Waals surface area contributed by atoms with Crippen LogP contribution in [0.4, 0.5) is 4.39 Å². The Morgan fingerprint density at radius 1 is 0.837 bits per heavy atom. The molecule has 0 spiro atoms. The molecule has 1 N–H and O–H groups in total. The summed E-state index contributed by atoms with van der Waals surface area (Å²) in [5.74, 6) is 1.10. The summed E-state index contributed by atoms with van der Waals surface area (Å²) >= 11 is 0. The maximum absolute atomic E-state index is 13.6. The molecule has 0 bridgehead atoms. The Balaban J connectivity index is 1.30. The van der Waals surface area contributed by atoms with Crippen LogP contribution in [0.1, 0.15) is 48.3 Å². The third-order valence-electron chi connectivity index (χ3n) is 8.29. The van der Waals surface area contributed by atoms with Gasteiger partial charge >= 0.3 is 0 Å². The Kier molecular flexibility index (Phi) is 9.14. The van der Waals surface area contributed by atoms with Crippen LogP contribution in [-0.2, 0) is 11.3 Å². The van der Waals surface area contributed by atoms with Crippen molar-refractivity contribution in [1.29, 1.82) is 0 Å². The Hall–Kier alpha value is -4.42. The first-order valence-corrected chi connectivity index (χ1v) is 15.3. The van der Waals surface area contributed by atoms with Crippen LogP contribution in [0.3, 0.4) is 0 Å². The summed E-state index contributed by atoms with van der Waals surface area (Å²) in [6.07, 6.45) is 6.24. The molecule has 1 atom stereocenters. The smallest absolute Gasteiger partial charge is 0.220 e. The molecule has 1 amide bonds. The molecule has 1 unspecified atom stereocenters. The van der Waals surface area contributed by atoms with Crippen LogP contribution >= 0.6 is 0 Å². The number of hydrogen-bond donors (Lipinski definition) is 1. The molecule has 1 aromatic heterocycles. The molecule has 1 aliphatic rings. The quantitative estimate of drug-likeness (QED) is 0.175. The summed E-state index contributed by atoms with van der Waals surface area (Å²) in [4.78, 5) is 15.9. The van der Waals surface area contributed by atoms with Gasteiger partial charge in [0.25, 0.3) is 0 Å². The number of hydrogen-bond acceptors (Lipinski definition) is 3. The lowest BCUT2D eigenvalue weighted by atomic mass is 9.88. The maximum Gasteiger partial charge on any atom is 0.220 e. The standard InChI is InChI=1S/C37H38FN3O2/c38-30-18-16-28(17-19-30)26-41-27-35(33-14-5-6-15-36(33)41)34(25-37(42)39-20-23-40-21-7-2-8-22-40)29-10-9-13-32(24-29)43-31-11-3-1-4-12-31/h1,3-6,9-19,24,27,34H,2,7-8,20-23,25-26H2,(H,39,42). The predicted molar refractivity (Wildman–Crippen MR) is 170 cm³/mol. The zero-order valence-corrected chi connectivity index (χ0v) is 24.4. The van der Waals surface area contributed by atoms with Gasteiger partial charge in [-0.3, -0.25) is 4.79 Å². The molecule has 6 rings (SSSR count). The lowest BCUT2D eigenvalue weighted by Gasteiger charge is -2.26. The van der Waals surface area contributed by atoms with Crippen molar-refractivity contribution in [1.82, 2.24) is 14.8 Å². The first-order valence-electron chi connectivity index (χ1n) is 15.3. The van der Waals surface area contributed by atoms with Crippen LogP contribution in [-0.4, -0.2) is 41.6 Å². The van der Waals surface area contributed by atoms with Crippen LogP contribution in [0.15, 0.2) is 109 Å². The fourth-order valence-corrected chi connectivity index (χ4v) is 6.09. The summed E-state index contributed by atoms with van der Waals surface area (Å²) in [5, 5.41) is 4.30. The molecule has 1 aliphatic heterocycles. The molecule has 0 saturated carbocycles. The molecule has 43 heavy (non-hydrogen) atoms. The molecule has 5 nitrogen and oxygen atoms in total. The summed E-state index contributed by atoms with van der Waals surface area (Å²) in [6, 6.07) is 32.7. The number of carbonyl (C=O) groups is 1. The molecule has 6 heteroatoms. The minimum atomic E-state index is -0.245. The lowest BCUT2D eigenvalue weighted by Crippen LogP contribution is -2.38. The number of likely N-dealkylation sites (tertiary alicyclic amines) is 1. The van der Waals surface area contributed by atoms with Crippen LogP contribution in [0.2, 0.25) is 0 Å². The van der Waals surface area contributed by atoms with Gasteiger partial charge in [-0.15, -0.1) is 0 Å². The van der Waals surface area contributed by atoms with E-state index in [1.54, 1.807) is 0 Å². The number of fused-ring (bicyclic) bond motifs is 1. The average molecular weight is 576 g/mol. The Bertz CT molecular complexity index is 1640. The number of carbonyl (C=O) groups excluding carboxylic acids is 1. The number of ether oxygens (including phenoxy) is 1. The van der Waals surface area contributed by atoms with Gasteiger partial charge in [0.15, 0.2) is 0 Å². The van der Waals surface area contributed by atoms with E-state index in [9.17, 15) is 9.18 Å². The van der Waals surface area contributed by atoms with Crippen LogP contribution in [0, 0.1) is 5.82 Å². The Morgan fingerprint density at radius 2 is 1.58 bits per heavy atom. The maximum atomic E-state index is 13.6. The number of halogens is 1. The minimum Gasteiger partial charge on any atom is -0.457 e. The predicted octanol–water partition coefficient (Wildman–Crippen LogP) is 7.75. The molecule has 220 valence electrons. The lowest BCUT2D eigenvalue weighted by molar-refractivity contribution is -0.121. The van der Waals surface area contributed by atoms with E-state index >= 15 is 0 Å². The SMILES string of the molecule is O=C(CC(c1cccc(Oc2ccccc2)c1)c1cn(Cc2ccc(F)cc2)c2ccccc12)NCCN1CCCCC1. The van der Waals surface area contributed by atoms with Crippen molar-refractivity contribution < 1.29 is 13.9 Å². The van der Waals surface area contributed by atoms with E-state index in [4.69, 9.17) is 4.74 Å². The van der Waals surface area contributed by atoms with Crippen molar-refractivity contribution in [3.8, 4) is 11.5 Å². The van der Waals surface area contributed by atoms with E-state index in [-0.39, 0.29) is 17.6 Å². The highest BCUT2D eigenvalue weighted by Gasteiger charge is 2.24. The van der Waals surface area contributed by atoms with Gasteiger partial charge in [-0.2, -0.15) is 0 Å². The van der Waals surface area contributed by atoms with Crippen molar-refractivity contribution in [3.05, 3.63) is 132 Å². The van der Waals surface area contributed by atoms with Crippen LogP contribution in [0.5, 0.6) is 11.5 Å². The molecule has 4 aromatic carbocycles. The molecular weight excluding hydrogens is 537 g/mol. The Labute approximate surface area is 252 Å². The van der Waals surface area contributed by atoms with Gasteiger partial charge in [0.1, 0.15) is 17.3 Å². The summed E-state index contributed by atoms with van der Waals surface area (Å²) < 4.78 is 22.0. The molecule has 5 aromatic rings. The largest absolute Gasteiger partial charge is 0.457 e. The zero-order chi connectivity index (χ0) is 29.4. The highest BCUT2D eigenvalue weighted by Crippen LogP contribution is 2.37. The highest BCUT2D eigenvalue weighted by molar-refractivity contribution is 5.87. The van der Waals surface area contributed by atoms with Gasteiger partial charge < -0.3 is 19.5 Å². The number of nitrogens with one attached hydrogen (secondary N) is 1. The van der Waals surface area contributed by atoms with Crippen molar-refractivity contribution in [3.63, 3.8) is 0 Å². The monoisotopic (exact) mass is 575 g/mol. The minimum absolute atomic E-state index is 0.0340. The summed E-state index contributed by atoms with van der Waals surface area (Å²) in [6.45, 7) is 4.36. The Morgan fingerprint density at radius 3 is 2.40 bits per heavy atom. The van der Waals surface area contributed by atoms with Crippen molar-refractivity contribution in [2.75, 3.05) is 26.2 Å². The molecule has 2 heterocycles. The van der Waals surface area contributed by atoms with Crippen molar-refractivity contribution >= 4 is 16.8 Å². The van der Waals surface area contributed by atoms with Gasteiger partial charge in [-0.05, 0) is 85.1 Å². The number of benzene rings is 4. The number of rotatable bonds is 11. The van der Waals surface area contributed by atoms with Crippen LogP contribution in [0.25, 0.3) is 10.9 Å². The van der Waals surface area contributed by atoms with Crippen LogP contribution < -0.4 is 10.1 Å². The van der Waals surface area contributed by atoms with E-state index in [1.165, 1.54) is 31.4 Å². The van der Waals surface area contributed by atoms with E-state index < -0.39 is 0 Å². The third-order valence-corrected chi connectivity index (χ3v) is 8.29. The molecular formula is C37H38FN3O2. The van der Waals surface area contributed by atoms with E-state index in [1.807, 2.05) is 72.8 Å². The third kappa shape index (κ3) is 7.33. The first kappa shape index (κ1) is 28.7. The second-order valence-electron chi connectivity index (χ2n) is 11.4. The number of aromatic nitrogens is 1. The fourth-order valence-electron chi connectivity index (χ4n) is 6.09. The van der Waals surface area contributed by atoms with E-state index in [2.05, 4.69) is 39.2 Å². The first-order chi connectivity index (χ1) is 21.1. The topological polar surface area (TPSA) is 46.5 Å². The summed E-state index contributed by atoms with van der Waals surface area (Å²) in [5.41, 5.74) is 4.19. The number of amides is 1. The average Bonchev–Trinajstić information content (AvgIpc) is 3.40.